The zero-order chi connectivity index (χ0) is 21.0. The lowest BCUT2D eigenvalue weighted by Gasteiger charge is -2.12. The number of nitrogens with one attached hydrogen (secondary N) is 2. The Kier molecular flexibility index (Phi) is 5.84. The first kappa shape index (κ1) is 20.0. The first-order valence-electron chi connectivity index (χ1n) is 8.07. The highest BCUT2D eigenvalue weighted by atomic mass is 35.5. The number of aromatic carboxylic acids is 1. The molecule has 1 aromatic carbocycles. The fourth-order valence-corrected chi connectivity index (χ4v) is 2.54. The first-order chi connectivity index (χ1) is 13.8. The van der Waals surface area contributed by atoms with Crippen LogP contribution < -0.4 is 10.6 Å². The smallest absolute Gasteiger partial charge is 0.337 e. The fourth-order valence-electron chi connectivity index (χ4n) is 2.35. The van der Waals surface area contributed by atoms with Gasteiger partial charge in [0, 0.05) is 35.4 Å². The molecule has 3 rings (SSSR count). The Labute approximate surface area is 168 Å². The predicted octanol–water partition coefficient (Wildman–Crippen LogP) is 3.27. The molecule has 0 unspecified atom stereocenters. The molecular weight excluding hydrogens is 405 g/mol. The van der Waals surface area contributed by atoms with Gasteiger partial charge < -0.3 is 20.8 Å². The second kappa shape index (κ2) is 8.48. The molecular formula is C18H13ClFN5O4. The largest absolute Gasteiger partial charge is 0.480 e. The summed E-state index contributed by atoms with van der Waals surface area (Å²) in [5.41, 5.74) is 1.11. The van der Waals surface area contributed by atoms with E-state index >= 15 is 0 Å². The van der Waals surface area contributed by atoms with E-state index in [9.17, 15) is 14.0 Å². The molecule has 0 bridgehead atoms. The third-order valence-electron chi connectivity index (χ3n) is 3.67. The summed E-state index contributed by atoms with van der Waals surface area (Å²) in [6, 6.07) is 5.32. The van der Waals surface area contributed by atoms with E-state index in [-0.39, 0.29) is 22.4 Å². The number of carbonyl (C=O) groups is 2. The number of hydrogen-bond acceptors (Lipinski definition) is 7. The molecule has 0 amide bonds. The molecule has 0 saturated heterocycles. The van der Waals surface area contributed by atoms with Crippen molar-refractivity contribution in [2.24, 2.45) is 0 Å². The van der Waals surface area contributed by atoms with Gasteiger partial charge >= 0.3 is 11.9 Å². The zero-order valence-electron chi connectivity index (χ0n) is 14.6. The van der Waals surface area contributed by atoms with Crippen molar-refractivity contribution in [1.29, 1.82) is 0 Å². The van der Waals surface area contributed by atoms with Gasteiger partial charge in [0.25, 0.3) is 0 Å². The zero-order valence-corrected chi connectivity index (χ0v) is 15.3. The van der Waals surface area contributed by atoms with Crippen molar-refractivity contribution in [3.63, 3.8) is 0 Å². The van der Waals surface area contributed by atoms with Crippen molar-refractivity contribution in [3.8, 4) is 11.1 Å². The number of halogens is 2. The van der Waals surface area contributed by atoms with Gasteiger partial charge in [-0.2, -0.15) is 4.98 Å². The van der Waals surface area contributed by atoms with Crippen LogP contribution in [0.25, 0.3) is 11.1 Å². The Morgan fingerprint density at radius 2 is 1.93 bits per heavy atom. The van der Waals surface area contributed by atoms with Gasteiger partial charge in [0.1, 0.15) is 18.2 Å². The number of anilines is 3. The van der Waals surface area contributed by atoms with E-state index in [0.29, 0.717) is 16.8 Å². The molecule has 0 atom stereocenters. The molecule has 11 heteroatoms. The minimum absolute atomic E-state index is 0.0464. The molecule has 0 fully saturated rings. The molecule has 0 aliphatic carbocycles. The van der Waals surface area contributed by atoms with Gasteiger partial charge in [-0.05, 0) is 24.3 Å². The molecule has 148 valence electrons. The van der Waals surface area contributed by atoms with Gasteiger partial charge in [0.2, 0.25) is 5.95 Å². The van der Waals surface area contributed by atoms with E-state index in [1.54, 1.807) is 0 Å². The topological polar surface area (TPSA) is 137 Å². The van der Waals surface area contributed by atoms with Crippen LogP contribution in [-0.4, -0.2) is 43.6 Å². The second-order valence-electron chi connectivity index (χ2n) is 5.72. The highest BCUT2D eigenvalue weighted by Crippen LogP contribution is 2.28. The van der Waals surface area contributed by atoms with Crippen LogP contribution in [0.15, 0.2) is 42.9 Å². The van der Waals surface area contributed by atoms with E-state index in [1.807, 2.05) is 0 Å². The average molecular weight is 418 g/mol. The lowest BCUT2D eigenvalue weighted by molar-refractivity contribution is -0.134. The van der Waals surface area contributed by atoms with Crippen LogP contribution >= 0.6 is 11.6 Å². The lowest BCUT2D eigenvalue weighted by atomic mass is 10.1. The number of benzene rings is 1. The maximum atomic E-state index is 13.3. The van der Waals surface area contributed by atoms with Crippen molar-refractivity contribution in [1.82, 2.24) is 15.0 Å². The second-order valence-corrected chi connectivity index (χ2v) is 6.13. The molecule has 29 heavy (non-hydrogen) atoms. The number of nitrogens with zero attached hydrogens (tertiary/aromatic N) is 3. The van der Waals surface area contributed by atoms with Crippen molar-refractivity contribution in [3.05, 3.63) is 59.3 Å². The Hall–Kier alpha value is -3.79. The Balaban J connectivity index is 1.98. The van der Waals surface area contributed by atoms with Gasteiger partial charge in [0.15, 0.2) is 0 Å². The molecule has 3 aromatic rings. The van der Waals surface area contributed by atoms with Gasteiger partial charge in [-0.15, -0.1) is 0 Å². The van der Waals surface area contributed by atoms with Crippen molar-refractivity contribution in [2.45, 2.75) is 0 Å². The van der Waals surface area contributed by atoms with Crippen LogP contribution in [0.3, 0.4) is 0 Å². The minimum atomic E-state index is -1.16. The molecule has 0 aliphatic rings. The molecule has 4 N–H and O–H groups in total. The minimum Gasteiger partial charge on any atom is -0.480 e. The van der Waals surface area contributed by atoms with E-state index in [4.69, 9.17) is 21.8 Å². The van der Waals surface area contributed by atoms with Crippen LogP contribution in [0.1, 0.15) is 10.4 Å². The molecule has 2 aromatic heterocycles. The van der Waals surface area contributed by atoms with Crippen molar-refractivity contribution in [2.75, 3.05) is 17.2 Å². The molecule has 0 saturated carbocycles. The number of rotatable bonds is 7. The Bertz CT molecular complexity index is 1100. The normalized spacial score (nSPS) is 10.4. The first-order valence-corrected chi connectivity index (χ1v) is 8.45. The monoisotopic (exact) mass is 417 g/mol. The van der Waals surface area contributed by atoms with Gasteiger partial charge in [-0.3, -0.25) is 9.78 Å². The van der Waals surface area contributed by atoms with E-state index in [0.717, 1.165) is 0 Å². The average Bonchev–Trinajstić information content (AvgIpc) is 2.69. The third-order valence-corrected chi connectivity index (χ3v) is 3.96. The summed E-state index contributed by atoms with van der Waals surface area (Å²) in [6.07, 6.45) is 3.97. The molecule has 9 nitrogen and oxygen atoms in total. The van der Waals surface area contributed by atoms with Crippen LogP contribution in [0.4, 0.5) is 21.8 Å². The van der Waals surface area contributed by atoms with Crippen LogP contribution in [0.2, 0.25) is 5.02 Å². The lowest BCUT2D eigenvalue weighted by Crippen LogP contribution is -2.15. The SMILES string of the molecule is O=C(O)CNc1nc(Nc2ccc(F)c(Cl)c2)ncc1-c1cncc(C(=O)O)c1. The quantitative estimate of drug-likeness (QED) is 0.456. The highest BCUT2D eigenvalue weighted by molar-refractivity contribution is 6.31. The summed E-state index contributed by atoms with van der Waals surface area (Å²) in [6.45, 7) is -0.433. The standard InChI is InChI=1S/C18H13ClFN5O4/c19-13-4-11(1-2-14(13)20)24-18-23-7-12(16(25-18)22-8-15(26)27)9-3-10(17(28)29)6-21-5-9/h1-7H,8H2,(H,26,27)(H,28,29)(H2,22,23,24,25). The van der Waals surface area contributed by atoms with Crippen molar-refractivity contribution < 1.29 is 24.2 Å². The number of carboxylic acids is 2. The van der Waals surface area contributed by atoms with Crippen LogP contribution in [-0.2, 0) is 4.79 Å². The van der Waals surface area contributed by atoms with E-state index in [1.165, 1.54) is 42.9 Å². The van der Waals surface area contributed by atoms with Crippen molar-refractivity contribution >= 4 is 41.0 Å². The van der Waals surface area contributed by atoms with Gasteiger partial charge in [-0.1, -0.05) is 11.6 Å². The molecule has 0 spiro atoms. The Morgan fingerprint density at radius 1 is 1.14 bits per heavy atom. The molecule has 0 radical (unpaired) electrons. The summed E-state index contributed by atoms with van der Waals surface area (Å²) < 4.78 is 13.3. The number of hydrogen-bond donors (Lipinski definition) is 4. The Morgan fingerprint density at radius 3 is 2.62 bits per heavy atom. The highest BCUT2D eigenvalue weighted by Gasteiger charge is 2.14. The van der Waals surface area contributed by atoms with Gasteiger partial charge in [-0.25, -0.2) is 14.2 Å². The number of aromatic nitrogens is 3. The summed E-state index contributed by atoms with van der Waals surface area (Å²) in [7, 11) is 0. The third kappa shape index (κ3) is 4.93. The summed E-state index contributed by atoms with van der Waals surface area (Å²) in [5.74, 6) is -2.63. The maximum absolute atomic E-state index is 13.3. The number of pyridine rings is 1. The van der Waals surface area contributed by atoms with E-state index < -0.39 is 24.3 Å². The summed E-state index contributed by atoms with van der Waals surface area (Å²) in [4.78, 5) is 34.4. The van der Waals surface area contributed by atoms with E-state index in [2.05, 4.69) is 25.6 Å². The van der Waals surface area contributed by atoms with Gasteiger partial charge in [0.05, 0.1) is 10.6 Å². The summed E-state index contributed by atoms with van der Waals surface area (Å²) >= 11 is 5.75. The summed E-state index contributed by atoms with van der Waals surface area (Å²) in [5, 5.41) is 23.5. The van der Waals surface area contributed by atoms with Crippen LogP contribution in [0, 0.1) is 5.82 Å². The number of carboxylic acid groups (broad SMARTS) is 2. The number of aliphatic carboxylic acids is 1. The fraction of sp³-hybridized carbons (Fsp3) is 0.0556. The predicted molar refractivity (Wildman–Crippen MR) is 103 cm³/mol. The molecule has 0 aliphatic heterocycles. The van der Waals surface area contributed by atoms with Crippen LogP contribution in [0.5, 0.6) is 0 Å². The molecule has 2 heterocycles. The maximum Gasteiger partial charge on any atom is 0.337 e.